The second kappa shape index (κ2) is 5.64. The van der Waals surface area contributed by atoms with Crippen LogP contribution in [0.2, 0.25) is 0 Å². The van der Waals surface area contributed by atoms with Gasteiger partial charge in [-0.1, -0.05) is 0 Å². The molecule has 2 aliphatic rings. The van der Waals surface area contributed by atoms with E-state index < -0.39 is 0 Å². The van der Waals surface area contributed by atoms with Crippen LogP contribution in [0.5, 0.6) is 0 Å². The normalized spacial score (nSPS) is 30.8. The number of nitrogens with zero attached hydrogens (tertiary/aromatic N) is 1. The van der Waals surface area contributed by atoms with Gasteiger partial charge in [0.25, 0.3) is 0 Å². The van der Waals surface area contributed by atoms with Gasteiger partial charge in [0, 0.05) is 19.2 Å². The number of rotatable bonds is 4. The Bertz CT molecular complexity index is 239. The van der Waals surface area contributed by atoms with Crippen molar-refractivity contribution < 1.29 is 9.53 Å². The molecular formula is C12H22N2O2. The number of nitrogens with one attached hydrogen (secondary N) is 1. The first-order chi connectivity index (χ1) is 7.77. The van der Waals surface area contributed by atoms with Gasteiger partial charge in [0.2, 0.25) is 5.91 Å². The van der Waals surface area contributed by atoms with Gasteiger partial charge in [0.15, 0.2) is 0 Å². The van der Waals surface area contributed by atoms with E-state index in [1.807, 2.05) is 0 Å². The minimum Gasteiger partial charge on any atom is -0.368 e. The zero-order valence-electron chi connectivity index (χ0n) is 10.1. The molecule has 0 radical (unpaired) electrons. The van der Waals surface area contributed by atoms with Crippen LogP contribution in [-0.2, 0) is 9.53 Å². The number of likely N-dealkylation sites (tertiary alicyclic amines) is 1. The third-order valence-electron chi connectivity index (χ3n) is 3.67. The average Bonchev–Trinajstić information content (AvgIpc) is 2.90. The summed E-state index contributed by atoms with van der Waals surface area (Å²) in [5.41, 5.74) is 0. The minimum absolute atomic E-state index is 0.0816. The van der Waals surface area contributed by atoms with Crippen molar-refractivity contribution in [1.82, 2.24) is 10.2 Å². The predicted molar refractivity (Wildman–Crippen MR) is 62.3 cm³/mol. The lowest BCUT2D eigenvalue weighted by Crippen LogP contribution is -2.37. The molecule has 92 valence electrons. The number of carbonyl (C=O) groups excluding carboxylic acids is 1. The third kappa shape index (κ3) is 2.95. The fourth-order valence-corrected chi connectivity index (χ4v) is 2.60. The summed E-state index contributed by atoms with van der Waals surface area (Å²) in [5, 5.41) is 2.98. The summed E-state index contributed by atoms with van der Waals surface area (Å²) >= 11 is 0. The molecule has 0 aromatic heterocycles. The third-order valence-corrected chi connectivity index (χ3v) is 3.67. The van der Waals surface area contributed by atoms with Crippen molar-refractivity contribution in [2.45, 2.75) is 44.2 Å². The fourth-order valence-electron chi connectivity index (χ4n) is 2.60. The largest absolute Gasteiger partial charge is 0.368 e. The first-order valence-electron chi connectivity index (χ1n) is 6.37. The van der Waals surface area contributed by atoms with E-state index in [1.54, 1.807) is 0 Å². The van der Waals surface area contributed by atoms with E-state index in [9.17, 15) is 4.79 Å². The Morgan fingerprint density at radius 3 is 2.94 bits per heavy atom. The smallest absolute Gasteiger partial charge is 0.249 e. The van der Waals surface area contributed by atoms with Crippen LogP contribution >= 0.6 is 0 Å². The van der Waals surface area contributed by atoms with Gasteiger partial charge in [-0.05, 0) is 45.7 Å². The zero-order chi connectivity index (χ0) is 11.4. The van der Waals surface area contributed by atoms with Gasteiger partial charge in [0.05, 0.1) is 0 Å². The Morgan fingerprint density at radius 2 is 2.31 bits per heavy atom. The average molecular weight is 226 g/mol. The van der Waals surface area contributed by atoms with Crippen molar-refractivity contribution in [3.63, 3.8) is 0 Å². The maximum absolute atomic E-state index is 11.7. The van der Waals surface area contributed by atoms with E-state index in [0.717, 1.165) is 32.4 Å². The summed E-state index contributed by atoms with van der Waals surface area (Å²) in [6, 6.07) is 0.657. The predicted octanol–water partition coefficient (Wildman–Crippen LogP) is 0.766. The van der Waals surface area contributed by atoms with Crippen LogP contribution in [0.1, 0.15) is 32.1 Å². The van der Waals surface area contributed by atoms with Crippen molar-refractivity contribution in [3.05, 3.63) is 0 Å². The number of hydrogen-bond donors (Lipinski definition) is 1. The Hall–Kier alpha value is -0.610. The molecule has 2 heterocycles. The monoisotopic (exact) mass is 226 g/mol. The Kier molecular flexibility index (Phi) is 4.18. The van der Waals surface area contributed by atoms with E-state index in [0.29, 0.717) is 6.04 Å². The van der Waals surface area contributed by atoms with Gasteiger partial charge in [-0.25, -0.2) is 0 Å². The first kappa shape index (κ1) is 11.9. The van der Waals surface area contributed by atoms with Gasteiger partial charge in [0.1, 0.15) is 6.10 Å². The van der Waals surface area contributed by atoms with E-state index in [4.69, 9.17) is 4.74 Å². The van der Waals surface area contributed by atoms with Crippen molar-refractivity contribution in [1.29, 1.82) is 0 Å². The lowest BCUT2D eigenvalue weighted by molar-refractivity contribution is -0.130. The SMILES string of the molecule is CN1CCCC1CCNC(=O)C1CCCO1. The highest BCUT2D eigenvalue weighted by Gasteiger charge is 2.24. The molecule has 0 saturated carbocycles. The molecule has 2 atom stereocenters. The van der Waals surface area contributed by atoms with Gasteiger partial charge in [-0.2, -0.15) is 0 Å². The van der Waals surface area contributed by atoms with E-state index >= 15 is 0 Å². The van der Waals surface area contributed by atoms with Crippen molar-refractivity contribution in [3.8, 4) is 0 Å². The van der Waals surface area contributed by atoms with Crippen LogP contribution in [0.4, 0.5) is 0 Å². The maximum atomic E-state index is 11.7. The van der Waals surface area contributed by atoms with Crippen molar-refractivity contribution in [2.24, 2.45) is 0 Å². The second-order valence-electron chi connectivity index (χ2n) is 4.86. The Balaban J connectivity index is 1.61. The Morgan fingerprint density at radius 1 is 1.44 bits per heavy atom. The highest BCUT2D eigenvalue weighted by molar-refractivity contribution is 5.80. The lowest BCUT2D eigenvalue weighted by atomic mass is 10.1. The van der Waals surface area contributed by atoms with Gasteiger partial charge in [-0.3, -0.25) is 4.79 Å². The fraction of sp³-hybridized carbons (Fsp3) is 0.917. The summed E-state index contributed by atoms with van der Waals surface area (Å²) in [6.07, 6.45) is 5.35. The molecule has 1 N–H and O–H groups in total. The molecule has 0 aromatic rings. The topological polar surface area (TPSA) is 41.6 Å². The van der Waals surface area contributed by atoms with Crippen molar-refractivity contribution in [2.75, 3.05) is 26.7 Å². The second-order valence-corrected chi connectivity index (χ2v) is 4.86. The zero-order valence-corrected chi connectivity index (χ0v) is 10.1. The molecule has 2 rings (SSSR count). The molecule has 16 heavy (non-hydrogen) atoms. The number of hydrogen-bond acceptors (Lipinski definition) is 3. The minimum atomic E-state index is -0.179. The van der Waals surface area contributed by atoms with Crippen LogP contribution in [-0.4, -0.2) is 49.7 Å². The highest BCUT2D eigenvalue weighted by Crippen LogP contribution is 2.17. The number of carbonyl (C=O) groups is 1. The van der Waals surface area contributed by atoms with Crippen LogP contribution in [0, 0.1) is 0 Å². The molecule has 0 bridgehead atoms. The van der Waals surface area contributed by atoms with Gasteiger partial charge < -0.3 is 15.0 Å². The summed E-state index contributed by atoms with van der Waals surface area (Å²) in [4.78, 5) is 14.0. The summed E-state index contributed by atoms with van der Waals surface area (Å²) in [5.74, 6) is 0.0816. The Labute approximate surface area is 97.3 Å². The molecule has 2 aliphatic heterocycles. The van der Waals surface area contributed by atoms with Gasteiger partial charge in [-0.15, -0.1) is 0 Å². The lowest BCUT2D eigenvalue weighted by Gasteiger charge is -2.19. The van der Waals surface area contributed by atoms with E-state index in [2.05, 4.69) is 17.3 Å². The van der Waals surface area contributed by atoms with Crippen LogP contribution in [0.25, 0.3) is 0 Å². The summed E-state index contributed by atoms with van der Waals surface area (Å²) in [7, 11) is 2.17. The van der Waals surface area contributed by atoms with Crippen LogP contribution < -0.4 is 5.32 Å². The number of amides is 1. The molecule has 0 spiro atoms. The van der Waals surface area contributed by atoms with Gasteiger partial charge >= 0.3 is 0 Å². The molecule has 2 saturated heterocycles. The van der Waals surface area contributed by atoms with Crippen LogP contribution in [0.3, 0.4) is 0 Å². The summed E-state index contributed by atoms with van der Waals surface area (Å²) in [6.45, 7) is 2.72. The molecule has 4 heteroatoms. The molecule has 4 nitrogen and oxygen atoms in total. The molecule has 2 fully saturated rings. The summed E-state index contributed by atoms with van der Waals surface area (Å²) < 4.78 is 5.34. The quantitative estimate of drug-likeness (QED) is 0.769. The van der Waals surface area contributed by atoms with Crippen molar-refractivity contribution >= 4 is 5.91 Å². The maximum Gasteiger partial charge on any atom is 0.249 e. The molecule has 0 aromatic carbocycles. The molecule has 0 aliphatic carbocycles. The molecule has 2 unspecified atom stereocenters. The highest BCUT2D eigenvalue weighted by atomic mass is 16.5. The van der Waals surface area contributed by atoms with Crippen LogP contribution in [0.15, 0.2) is 0 Å². The molecule has 1 amide bonds. The standard InChI is InChI=1S/C12H22N2O2/c1-14-8-2-4-10(14)6-7-13-12(15)11-5-3-9-16-11/h10-11H,2-9H2,1H3,(H,13,15). The van der Waals surface area contributed by atoms with E-state index in [-0.39, 0.29) is 12.0 Å². The van der Waals surface area contributed by atoms with E-state index in [1.165, 1.54) is 19.4 Å². The molecular weight excluding hydrogens is 204 g/mol. The first-order valence-corrected chi connectivity index (χ1v) is 6.37. The number of ether oxygens (including phenoxy) is 1.